The highest BCUT2D eigenvalue weighted by atomic mass is 16.6. The largest absolute Gasteiger partial charge is 0.497 e. The smallest absolute Gasteiger partial charge is 0.233 e. The maximum absolute atomic E-state index is 10.4. The van der Waals surface area contributed by atoms with Gasteiger partial charge in [0.25, 0.3) is 0 Å². The third-order valence-corrected chi connectivity index (χ3v) is 1.95. The molecule has 6 nitrogen and oxygen atoms in total. The average molecular weight is 210 g/mol. The lowest BCUT2D eigenvalue weighted by atomic mass is 10.1. The van der Waals surface area contributed by atoms with Gasteiger partial charge >= 0.3 is 0 Å². The van der Waals surface area contributed by atoms with Crippen molar-refractivity contribution in [2.75, 3.05) is 13.7 Å². The highest BCUT2D eigenvalue weighted by Gasteiger charge is 2.17. The SMILES string of the molecule is COc1ccc(C(C[N+](=O)[O-])N=O)cc1. The lowest BCUT2D eigenvalue weighted by Crippen LogP contribution is -2.10. The standard InChI is InChI=1S/C9H10N2O4/c1-15-8-4-2-7(3-5-8)9(10-12)6-11(13)14/h2-5,9H,6H2,1H3. The van der Waals surface area contributed by atoms with Crippen molar-refractivity contribution in [1.29, 1.82) is 0 Å². The van der Waals surface area contributed by atoms with E-state index in [-0.39, 0.29) is 0 Å². The van der Waals surface area contributed by atoms with Crippen LogP contribution >= 0.6 is 0 Å². The summed E-state index contributed by atoms with van der Waals surface area (Å²) in [6.07, 6.45) is 0. The van der Waals surface area contributed by atoms with Crippen LogP contribution in [0.3, 0.4) is 0 Å². The molecule has 1 atom stereocenters. The van der Waals surface area contributed by atoms with Crippen molar-refractivity contribution in [3.05, 3.63) is 44.9 Å². The molecule has 0 heterocycles. The molecular formula is C9H10N2O4. The first-order valence-electron chi connectivity index (χ1n) is 4.25. The first kappa shape index (κ1) is 11.1. The van der Waals surface area contributed by atoms with E-state index in [1.807, 2.05) is 0 Å². The minimum absolute atomic E-state index is 0.490. The first-order valence-corrected chi connectivity index (χ1v) is 4.25. The summed E-state index contributed by atoms with van der Waals surface area (Å²) in [7, 11) is 1.52. The molecule has 0 aliphatic carbocycles. The first-order chi connectivity index (χ1) is 7.17. The molecule has 6 heteroatoms. The van der Waals surface area contributed by atoms with Gasteiger partial charge in [0.2, 0.25) is 6.54 Å². The molecule has 0 saturated heterocycles. The second-order valence-corrected chi connectivity index (χ2v) is 2.91. The number of ether oxygens (including phenoxy) is 1. The zero-order valence-electron chi connectivity index (χ0n) is 8.12. The Kier molecular flexibility index (Phi) is 3.73. The molecule has 0 bridgehead atoms. The Balaban J connectivity index is 2.82. The van der Waals surface area contributed by atoms with E-state index in [0.29, 0.717) is 11.3 Å². The lowest BCUT2D eigenvalue weighted by Gasteiger charge is -2.05. The van der Waals surface area contributed by atoms with Crippen molar-refractivity contribution in [2.24, 2.45) is 5.18 Å². The number of hydrogen-bond donors (Lipinski definition) is 0. The summed E-state index contributed by atoms with van der Waals surface area (Å²) in [6, 6.07) is 5.51. The quantitative estimate of drug-likeness (QED) is 0.421. The Morgan fingerprint density at radius 2 is 2.07 bits per heavy atom. The maximum atomic E-state index is 10.4. The van der Waals surface area contributed by atoms with E-state index in [4.69, 9.17) is 4.74 Å². The van der Waals surface area contributed by atoms with Gasteiger partial charge < -0.3 is 4.74 Å². The number of methoxy groups -OCH3 is 1. The molecule has 0 aliphatic heterocycles. The summed E-state index contributed by atoms with van der Waals surface area (Å²) in [5.74, 6) is 0.629. The number of hydrogen-bond acceptors (Lipinski definition) is 5. The van der Waals surface area contributed by atoms with Gasteiger partial charge in [-0.05, 0) is 17.7 Å². The van der Waals surface area contributed by atoms with Crippen LogP contribution in [0.25, 0.3) is 0 Å². The maximum Gasteiger partial charge on any atom is 0.233 e. The molecule has 1 aromatic carbocycles. The molecule has 0 N–H and O–H groups in total. The molecule has 0 aromatic heterocycles. The van der Waals surface area contributed by atoms with Crippen LogP contribution in [0.5, 0.6) is 5.75 Å². The van der Waals surface area contributed by atoms with Crippen LogP contribution in [-0.4, -0.2) is 18.6 Å². The molecule has 0 amide bonds. The van der Waals surface area contributed by atoms with Gasteiger partial charge in [-0.15, -0.1) is 4.91 Å². The van der Waals surface area contributed by atoms with Crippen LogP contribution in [0.2, 0.25) is 0 Å². The van der Waals surface area contributed by atoms with Crippen LogP contribution in [0.4, 0.5) is 0 Å². The van der Waals surface area contributed by atoms with E-state index >= 15 is 0 Å². The number of benzene rings is 1. The van der Waals surface area contributed by atoms with E-state index in [0.717, 1.165) is 0 Å². The molecule has 1 unspecified atom stereocenters. The molecule has 0 spiro atoms. The van der Waals surface area contributed by atoms with Crippen LogP contribution in [0.15, 0.2) is 29.4 Å². The summed E-state index contributed by atoms with van der Waals surface area (Å²) in [4.78, 5) is 20.1. The van der Waals surface area contributed by atoms with Gasteiger partial charge in [0, 0.05) is 4.92 Å². The predicted octanol–water partition coefficient (Wildman–Crippen LogP) is 1.78. The van der Waals surface area contributed by atoms with Crippen LogP contribution in [0.1, 0.15) is 11.6 Å². The fourth-order valence-corrected chi connectivity index (χ4v) is 1.17. The Labute approximate surface area is 86.0 Å². The van der Waals surface area contributed by atoms with Gasteiger partial charge in [-0.1, -0.05) is 17.3 Å². The van der Waals surface area contributed by atoms with Gasteiger partial charge in [0.1, 0.15) is 5.75 Å². The molecule has 0 saturated carbocycles. The predicted molar refractivity (Wildman–Crippen MR) is 53.4 cm³/mol. The van der Waals surface area contributed by atoms with Crippen molar-refractivity contribution < 1.29 is 9.66 Å². The normalized spacial score (nSPS) is 11.8. The molecule has 80 valence electrons. The van der Waals surface area contributed by atoms with Crippen molar-refractivity contribution >= 4 is 0 Å². The van der Waals surface area contributed by atoms with Crippen molar-refractivity contribution in [3.8, 4) is 5.75 Å². The Morgan fingerprint density at radius 1 is 1.47 bits per heavy atom. The molecular weight excluding hydrogens is 200 g/mol. The fraction of sp³-hybridized carbons (Fsp3) is 0.333. The number of nitrogens with zero attached hydrogens (tertiary/aromatic N) is 2. The number of nitroso groups, excluding NO2 is 1. The van der Waals surface area contributed by atoms with Crippen LogP contribution in [-0.2, 0) is 0 Å². The minimum Gasteiger partial charge on any atom is -0.497 e. The van der Waals surface area contributed by atoms with Crippen LogP contribution < -0.4 is 4.74 Å². The Bertz CT molecular complexity index is 350. The van der Waals surface area contributed by atoms with Crippen molar-refractivity contribution in [1.82, 2.24) is 0 Å². The monoisotopic (exact) mass is 210 g/mol. The summed E-state index contributed by atoms with van der Waals surface area (Å²) in [6.45, 7) is -0.490. The summed E-state index contributed by atoms with van der Waals surface area (Å²) < 4.78 is 4.92. The average Bonchev–Trinajstić information content (AvgIpc) is 2.26. The van der Waals surface area contributed by atoms with Crippen molar-refractivity contribution in [2.45, 2.75) is 6.04 Å². The Hall–Kier alpha value is -1.98. The summed E-state index contributed by atoms with van der Waals surface area (Å²) in [5.41, 5.74) is 0.516. The van der Waals surface area contributed by atoms with Gasteiger partial charge in [-0.2, -0.15) is 0 Å². The molecule has 0 fully saturated rings. The van der Waals surface area contributed by atoms with Gasteiger partial charge in [0.15, 0.2) is 6.04 Å². The van der Waals surface area contributed by atoms with E-state index in [2.05, 4.69) is 5.18 Å². The van der Waals surface area contributed by atoms with Crippen molar-refractivity contribution in [3.63, 3.8) is 0 Å². The Morgan fingerprint density at radius 3 is 2.47 bits per heavy atom. The topological polar surface area (TPSA) is 81.8 Å². The highest BCUT2D eigenvalue weighted by molar-refractivity contribution is 5.29. The summed E-state index contributed by atoms with van der Waals surface area (Å²) in [5, 5.41) is 13.0. The van der Waals surface area contributed by atoms with E-state index in [1.165, 1.54) is 7.11 Å². The minimum atomic E-state index is -0.939. The van der Waals surface area contributed by atoms with Gasteiger partial charge in [-0.25, -0.2) is 0 Å². The molecule has 15 heavy (non-hydrogen) atoms. The lowest BCUT2D eigenvalue weighted by molar-refractivity contribution is -0.483. The van der Waals surface area contributed by atoms with Gasteiger partial charge in [0.05, 0.1) is 7.11 Å². The molecule has 1 aromatic rings. The third kappa shape index (κ3) is 3.01. The molecule has 1 rings (SSSR count). The summed E-state index contributed by atoms with van der Waals surface area (Å²) >= 11 is 0. The van der Waals surface area contributed by atoms with Crippen LogP contribution in [0, 0.1) is 15.0 Å². The van der Waals surface area contributed by atoms with E-state index < -0.39 is 17.5 Å². The molecule has 0 radical (unpaired) electrons. The second kappa shape index (κ2) is 5.04. The zero-order chi connectivity index (χ0) is 11.3. The van der Waals surface area contributed by atoms with E-state index in [9.17, 15) is 15.0 Å². The fourth-order valence-electron chi connectivity index (χ4n) is 1.17. The second-order valence-electron chi connectivity index (χ2n) is 2.91. The molecule has 0 aliphatic rings. The van der Waals surface area contributed by atoms with Gasteiger partial charge in [-0.3, -0.25) is 10.1 Å². The zero-order valence-corrected chi connectivity index (χ0v) is 8.12. The van der Waals surface area contributed by atoms with E-state index in [1.54, 1.807) is 24.3 Å². The number of rotatable bonds is 5. The highest BCUT2D eigenvalue weighted by Crippen LogP contribution is 2.20. The number of nitro groups is 1. The third-order valence-electron chi connectivity index (χ3n) is 1.95.